The summed E-state index contributed by atoms with van der Waals surface area (Å²) >= 11 is 18.6. The van der Waals surface area contributed by atoms with Gasteiger partial charge in [0.15, 0.2) is 12.1 Å². The molecular weight excluding hydrogens is 397 g/mol. The quantitative estimate of drug-likeness (QED) is 0.147. The summed E-state index contributed by atoms with van der Waals surface area (Å²) in [6.45, 7) is -0.479. The smallest absolute Gasteiger partial charge is 0.169 e. The normalized spacial score (nSPS) is 38.8. The maximum absolute atomic E-state index is 10.3. The number of allylic oxidation sites excluding steroid dienone is 2. The number of aliphatic hydroxyl groups is 3. The van der Waals surface area contributed by atoms with Gasteiger partial charge in [-0.05, 0) is 6.08 Å². The number of fused-ring (bicyclic) bond motifs is 1. The molecule has 3 aliphatic rings. The predicted molar refractivity (Wildman–Crippen MR) is 91.0 cm³/mol. The van der Waals surface area contributed by atoms with Crippen molar-refractivity contribution in [3.8, 4) is 0 Å². The Kier molecular flexibility index (Phi) is 5.23. The third-order valence-electron chi connectivity index (χ3n) is 4.52. The molecule has 1 aliphatic carbocycles. The van der Waals surface area contributed by atoms with Crippen molar-refractivity contribution in [3.63, 3.8) is 0 Å². The Balaban J connectivity index is 2.05. The van der Waals surface area contributed by atoms with Gasteiger partial charge in [-0.3, -0.25) is 0 Å². The van der Waals surface area contributed by atoms with Gasteiger partial charge in [-0.2, -0.15) is 0 Å². The summed E-state index contributed by atoms with van der Waals surface area (Å²) < 4.78 is 5.55. The minimum atomic E-state index is -1.34. The molecule has 6 N–H and O–H groups in total. The number of hydrogen-bond donors (Lipinski definition) is 5. The highest BCUT2D eigenvalue weighted by Gasteiger charge is 2.52. The zero-order valence-corrected chi connectivity index (χ0v) is 14.9. The summed E-state index contributed by atoms with van der Waals surface area (Å²) in [6.07, 6.45) is -1.48. The van der Waals surface area contributed by atoms with Crippen LogP contribution in [0.1, 0.15) is 0 Å². The molecule has 1 fully saturated rings. The summed E-state index contributed by atoms with van der Waals surface area (Å²) in [7, 11) is 0. The van der Waals surface area contributed by atoms with Gasteiger partial charge in [-0.25, -0.2) is 0 Å². The Labute approximate surface area is 158 Å². The molecule has 1 saturated heterocycles. The molecule has 0 radical (unpaired) electrons. The number of nitrogens with two attached hydrogens (primary N) is 1. The molecule has 0 amide bonds. The molecule has 6 atom stereocenters. The first kappa shape index (κ1) is 18.8. The Bertz CT molecular complexity index is 695. The fourth-order valence-electron chi connectivity index (χ4n) is 3.31. The average molecular weight is 413 g/mol. The van der Waals surface area contributed by atoms with Crippen LogP contribution in [0, 0.1) is 5.92 Å². The van der Waals surface area contributed by atoms with E-state index in [-0.39, 0.29) is 26.6 Å². The molecular formula is C14H16Cl3N3O5. The summed E-state index contributed by atoms with van der Waals surface area (Å²) in [5.41, 5.74) is 6.03. The lowest BCUT2D eigenvalue weighted by atomic mass is 9.90. The van der Waals surface area contributed by atoms with Crippen molar-refractivity contribution >= 4 is 40.6 Å². The molecule has 0 aromatic heterocycles. The largest absolute Gasteiger partial charge is 0.409 e. The maximum atomic E-state index is 10.3. The standard InChI is InChI=1S/C14H16Cl3N3O5/c15-5-1-4-7(2-6(5)16)20(12(17)9(4)13(18)19-24)14-11(23)10(22)8(3-21)25-14/h1-2,4,7-8,10-11,14,21-24H,3H2,(H2,18,19)/t4?,7?,8-,10-,11-,14-/m1/s1. The van der Waals surface area contributed by atoms with Crippen molar-refractivity contribution in [2.24, 2.45) is 16.8 Å². The van der Waals surface area contributed by atoms with Gasteiger partial charge in [0.1, 0.15) is 23.5 Å². The second-order valence-electron chi connectivity index (χ2n) is 5.87. The molecule has 2 unspecified atom stereocenters. The monoisotopic (exact) mass is 411 g/mol. The van der Waals surface area contributed by atoms with Crippen LogP contribution in [0.3, 0.4) is 0 Å². The number of oxime groups is 1. The Morgan fingerprint density at radius 2 is 1.84 bits per heavy atom. The van der Waals surface area contributed by atoms with E-state index in [9.17, 15) is 15.3 Å². The molecule has 3 rings (SSSR count). The predicted octanol–water partition coefficient (Wildman–Crippen LogP) is 0.182. The highest BCUT2D eigenvalue weighted by atomic mass is 35.5. The number of aliphatic hydroxyl groups excluding tert-OH is 3. The molecule has 0 saturated carbocycles. The second kappa shape index (κ2) is 6.96. The van der Waals surface area contributed by atoms with Gasteiger partial charge in [0.05, 0.1) is 22.7 Å². The van der Waals surface area contributed by atoms with Crippen molar-refractivity contribution in [3.05, 3.63) is 32.9 Å². The summed E-state index contributed by atoms with van der Waals surface area (Å²) in [5, 5.41) is 42.2. The van der Waals surface area contributed by atoms with Crippen LogP contribution < -0.4 is 5.73 Å². The van der Waals surface area contributed by atoms with Crippen LogP contribution in [0.25, 0.3) is 0 Å². The Hall–Kier alpha value is -1.000. The first-order valence-corrected chi connectivity index (χ1v) is 8.48. The van der Waals surface area contributed by atoms with E-state index in [2.05, 4.69) is 5.16 Å². The minimum Gasteiger partial charge on any atom is -0.409 e. The SMILES string of the molecule is N/C(=N/O)C1=C(Cl)N([C@@H]2O[C@H](CO)[C@@H](O)[C@H]2O)C2C=C(Cl)C(Cl)=CC12. The number of amidine groups is 1. The topological polar surface area (TPSA) is 132 Å². The first-order chi connectivity index (χ1) is 11.8. The van der Waals surface area contributed by atoms with Crippen LogP contribution in [-0.4, -0.2) is 68.5 Å². The summed E-state index contributed by atoms with van der Waals surface area (Å²) in [6, 6.07) is -0.540. The van der Waals surface area contributed by atoms with Crippen molar-refractivity contribution in [2.45, 2.75) is 30.6 Å². The third-order valence-corrected chi connectivity index (χ3v) is 5.67. The fourth-order valence-corrected chi connectivity index (χ4v) is 4.13. The van der Waals surface area contributed by atoms with E-state index in [1.807, 2.05) is 0 Å². The van der Waals surface area contributed by atoms with Gasteiger partial charge < -0.3 is 35.9 Å². The van der Waals surface area contributed by atoms with Gasteiger partial charge in [0.25, 0.3) is 0 Å². The second-order valence-corrected chi connectivity index (χ2v) is 7.04. The van der Waals surface area contributed by atoms with Crippen LogP contribution in [0.2, 0.25) is 0 Å². The van der Waals surface area contributed by atoms with Gasteiger partial charge in [-0.1, -0.05) is 46.0 Å². The molecule has 2 heterocycles. The number of halogens is 3. The van der Waals surface area contributed by atoms with Crippen molar-refractivity contribution in [1.29, 1.82) is 0 Å². The fraction of sp³-hybridized carbons (Fsp3) is 0.500. The molecule has 0 aromatic rings. The molecule has 2 aliphatic heterocycles. The van der Waals surface area contributed by atoms with Gasteiger partial charge in [0, 0.05) is 11.5 Å². The lowest BCUT2D eigenvalue weighted by molar-refractivity contribution is -0.0879. The number of hydrogen-bond acceptors (Lipinski definition) is 7. The van der Waals surface area contributed by atoms with Crippen molar-refractivity contribution < 1.29 is 25.3 Å². The van der Waals surface area contributed by atoms with E-state index in [1.54, 1.807) is 12.2 Å². The van der Waals surface area contributed by atoms with Crippen LogP contribution in [0.15, 0.2) is 38.1 Å². The van der Waals surface area contributed by atoms with Gasteiger partial charge in [0.2, 0.25) is 0 Å². The molecule has 0 spiro atoms. The van der Waals surface area contributed by atoms with E-state index < -0.39 is 43.1 Å². The maximum Gasteiger partial charge on any atom is 0.169 e. The van der Waals surface area contributed by atoms with Crippen LogP contribution in [0.5, 0.6) is 0 Å². The lowest BCUT2D eigenvalue weighted by Crippen LogP contribution is -2.47. The zero-order chi connectivity index (χ0) is 18.5. The number of ether oxygens (including phenoxy) is 1. The van der Waals surface area contributed by atoms with Gasteiger partial charge in [-0.15, -0.1) is 0 Å². The average Bonchev–Trinajstić information content (AvgIpc) is 3.01. The highest BCUT2D eigenvalue weighted by Crippen LogP contribution is 2.46. The van der Waals surface area contributed by atoms with E-state index in [4.69, 9.17) is 50.5 Å². The Morgan fingerprint density at radius 1 is 1.20 bits per heavy atom. The van der Waals surface area contributed by atoms with Crippen LogP contribution >= 0.6 is 34.8 Å². The van der Waals surface area contributed by atoms with E-state index in [0.717, 1.165) is 0 Å². The molecule has 8 nitrogen and oxygen atoms in total. The Morgan fingerprint density at radius 3 is 2.40 bits per heavy atom. The van der Waals surface area contributed by atoms with Gasteiger partial charge >= 0.3 is 0 Å². The van der Waals surface area contributed by atoms with E-state index in [0.29, 0.717) is 0 Å². The first-order valence-electron chi connectivity index (χ1n) is 7.35. The van der Waals surface area contributed by atoms with Crippen LogP contribution in [-0.2, 0) is 4.74 Å². The summed E-state index contributed by atoms with van der Waals surface area (Å²) in [4.78, 5) is 1.46. The number of nitrogens with zero attached hydrogens (tertiary/aromatic N) is 2. The lowest BCUT2D eigenvalue weighted by Gasteiger charge is -2.35. The molecule has 11 heteroatoms. The summed E-state index contributed by atoms with van der Waals surface area (Å²) in [5.74, 6) is -0.721. The van der Waals surface area contributed by atoms with Crippen LogP contribution in [0.4, 0.5) is 0 Å². The third kappa shape index (κ3) is 2.91. The molecule has 138 valence electrons. The zero-order valence-electron chi connectivity index (χ0n) is 12.6. The van der Waals surface area contributed by atoms with E-state index >= 15 is 0 Å². The minimum absolute atomic E-state index is 0.0588. The van der Waals surface area contributed by atoms with Crippen molar-refractivity contribution in [1.82, 2.24) is 4.90 Å². The highest BCUT2D eigenvalue weighted by molar-refractivity contribution is 6.44. The molecule has 0 bridgehead atoms. The van der Waals surface area contributed by atoms with Crippen molar-refractivity contribution in [2.75, 3.05) is 6.61 Å². The molecule has 0 aromatic carbocycles. The molecule has 25 heavy (non-hydrogen) atoms. The van der Waals surface area contributed by atoms with E-state index in [1.165, 1.54) is 4.90 Å². The number of rotatable bonds is 3.